The van der Waals surface area contributed by atoms with Crippen LogP contribution in [-0.4, -0.2) is 49.1 Å². The molecule has 0 aromatic heterocycles. The number of likely N-dealkylation sites (N-methyl/N-ethyl adjacent to an activating group) is 1. The van der Waals surface area contributed by atoms with Gasteiger partial charge in [-0.15, -0.1) is 0 Å². The van der Waals surface area contributed by atoms with Gasteiger partial charge in [-0.2, -0.15) is 0 Å². The Labute approximate surface area is 97.1 Å². The lowest BCUT2D eigenvalue weighted by Crippen LogP contribution is -2.47. The fourth-order valence-corrected chi connectivity index (χ4v) is 1.09. The quantitative estimate of drug-likeness (QED) is 0.783. The molecular formula is C11H22N2O3. The number of carbonyl (C=O) groups is 2. The van der Waals surface area contributed by atoms with Gasteiger partial charge >= 0.3 is 6.09 Å². The van der Waals surface area contributed by atoms with Crippen LogP contribution in [0.15, 0.2) is 0 Å². The smallest absolute Gasteiger partial charge is 0.408 e. The van der Waals surface area contributed by atoms with Crippen LogP contribution in [-0.2, 0) is 9.53 Å². The van der Waals surface area contributed by atoms with Crippen LogP contribution in [0.2, 0.25) is 0 Å². The second kappa shape index (κ2) is 5.84. The molecule has 1 atom stereocenters. The van der Waals surface area contributed by atoms with Crippen LogP contribution in [0.25, 0.3) is 0 Å². The van der Waals surface area contributed by atoms with E-state index in [1.54, 1.807) is 20.8 Å². The highest BCUT2D eigenvalue weighted by Crippen LogP contribution is 2.06. The highest BCUT2D eigenvalue weighted by Gasteiger charge is 2.22. The van der Waals surface area contributed by atoms with Crippen LogP contribution in [0.3, 0.4) is 0 Å². The average Bonchev–Trinajstić information content (AvgIpc) is 1.97. The predicted octanol–water partition coefficient (Wildman–Crippen LogP) is 1.03. The van der Waals surface area contributed by atoms with Gasteiger partial charge in [-0.05, 0) is 41.8 Å². The average molecular weight is 230 g/mol. The summed E-state index contributed by atoms with van der Waals surface area (Å²) in [7, 11) is 3.68. The van der Waals surface area contributed by atoms with Gasteiger partial charge in [-0.25, -0.2) is 4.79 Å². The Kier molecular flexibility index (Phi) is 5.44. The van der Waals surface area contributed by atoms with Gasteiger partial charge in [0, 0.05) is 6.54 Å². The molecule has 1 N–H and O–H groups in total. The van der Waals surface area contributed by atoms with Crippen LogP contribution < -0.4 is 5.32 Å². The molecular weight excluding hydrogens is 208 g/mol. The van der Waals surface area contributed by atoms with Crippen LogP contribution in [0, 0.1) is 0 Å². The number of rotatable bonds is 4. The van der Waals surface area contributed by atoms with Crippen molar-refractivity contribution in [1.82, 2.24) is 10.2 Å². The molecule has 0 saturated carbocycles. The maximum atomic E-state index is 11.5. The van der Waals surface area contributed by atoms with Crippen molar-refractivity contribution in [3.8, 4) is 0 Å². The topological polar surface area (TPSA) is 58.6 Å². The van der Waals surface area contributed by atoms with E-state index in [4.69, 9.17) is 4.74 Å². The second-order valence-corrected chi connectivity index (χ2v) is 5.07. The third kappa shape index (κ3) is 7.23. The lowest BCUT2D eigenvalue weighted by Gasteiger charge is -2.24. The minimum atomic E-state index is -0.561. The zero-order valence-corrected chi connectivity index (χ0v) is 11.0. The highest BCUT2D eigenvalue weighted by molar-refractivity contribution is 5.85. The number of carbonyl (C=O) groups excluding carboxylic acids is 2. The molecule has 1 amide bonds. The number of nitrogens with one attached hydrogen (secondary N) is 1. The summed E-state index contributed by atoms with van der Waals surface area (Å²) in [5.41, 5.74) is -0.552. The van der Waals surface area contributed by atoms with E-state index in [0.717, 1.165) is 0 Å². The van der Waals surface area contributed by atoms with Crippen LogP contribution >= 0.6 is 0 Å². The van der Waals surface area contributed by atoms with E-state index >= 15 is 0 Å². The minimum Gasteiger partial charge on any atom is -0.444 e. The molecule has 94 valence electrons. The third-order valence-electron chi connectivity index (χ3n) is 1.73. The first-order valence-corrected chi connectivity index (χ1v) is 5.26. The third-order valence-corrected chi connectivity index (χ3v) is 1.73. The van der Waals surface area contributed by atoms with Crippen LogP contribution in [0.5, 0.6) is 0 Å². The zero-order valence-electron chi connectivity index (χ0n) is 11.0. The molecule has 0 aromatic rings. The van der Waals surface area contributed by atoms with E-state index in [2.05, 4.69) is 5.32 Å². The fourth-order valence-electron chi connectivity index (χ4n) is 1.09. The van der Waals surface area contributed by atoms with E-state index in [-0.39, 0.29) is 5.78 Å². The van der Waals surface area contributed by atoms with Crippen LogP contribution in [0.1, 0.15) is 27.7 Å². The molecule has 5 nitrogen and oxygen atoms in total. The minimum absolute atomic E-state index is 0.0837. The number of hydrogen-bond acceptors (Lipinski definition) is 4. The Hall–Kier alpha value is -1.10. The maximum absolute atomic E-state index is 11.5. The SMILES string of the molecule is CC(=O)C(CN(C)C)NC(=O)OC(C)(C)C. The van der Waals surface area contributed by atoms with Crippen molar-refractivity contribution < 1.29 is 14.3 Å². The molecule has 0 radical (unpaired) electrons. The predicted molar refractivity (Wildman–Crippen MR) is 62.4 cm³/mol. The number of hydrogen-bond donors (Lipinski definition) is 1. The van der Waals surface area contributed by atoms with E-state index in [0.29, 0.717) is 6.54 Å². The molecule has 16 heavy (non-hydrogen) atoms. The van der Waals surface area contributed by atoms with Gasteiger partial charge in [0.2, 0.25) is 0 Å². The van der Waals surface area contributed by atoms with Gasteiger partial charge in [-0.3, -0.25) is 4.79 Å². The molecule has 0 heterocycles. The van der Waals surface area contributed by atoms with Gasteiger partial charge in [0.05, 0.1) is 0 Å². The largest absolute Gasteiger partial charge is 0.444 e. The summed E-state index contributed by atoms with van der Waals surface area (Å²) < 4.78 is 5.08. The zero-order chi connectivity index (χ0) is 12.9. The molecule has 0 rings (SSSR count). The number of ether oxygens (including phenoxy) is 1. The lowest BCUT2D eigenvalue weighted by molar-refractivity contribution is -0.119. The molecule has 0 bridgehead atoms. The lowest BCUT2D eigenvalue weighted by atomic mass is 10.2. The van der Waals surface area contributed by atoms with E-state index in [1.165, 1.54) is 6.92 Å². The number of alkyl carbamates (subject to hydrolysis) is 1. The number of amides is 1. The van der Waals surface area contributed by atoms with Gasteiger partial charge < -0.3 is 15.0 Å². The summed E-state index contributed by atoms with van der Waals surface area (Å²) in [6, 6.07) is -0.523. The first-order valence-electron chi connectivity index (χ1n) is 5.26. The number of ketones is 1. The number of nitrogens with zero attached hydrogens (tertiary/aromatic N) is 1. The molecule has 5 heteroatoms. The molecule has 0 saturated heterocycles. The standard InChI is InChI=1S/C11H22N2O3/c1-8(14)9(7-13(5)6)12-10(15)16-11(2,3)4/h9H,7H2,1-6H3,(H,12,15). The number of Topliss-reactive ketones (excluding diaryl/α,β-unsaturated/α-hetero) is 1. The molecule has 0 spiro atoms. The Morgan fingerprint density at radius 1 is 1.31 bits per heavy atom. The van der Waals surface area contributed by atoms with Gasteiger partial charge in [0.1, 0.15) is 11.6 Å². The Bertz CT molecular complexity index is 256. The fraction of sp³-hybridized carbons (Fsp3) is 0.818. The summed E-state index contributed by atoms with van der Waals surface area (Å²) in [6.07, 6.45) is -0.561. The summed E-state index contributed by atoms with van der Waals surface area (Å²) in [5, 5.41) is 2.55. The molecule has 0 aliphatic rings. The maximum Gasteiger partial charge on any atom is 0.408 e. The van der Waals surface area contributed by atoms with Crippen molar-refractivity contribution in [1.29, 1.82) is 0 Å². The van der Waals surface area contributed by atoms with Crippen molar-refractivity contribution in [3.63, 3.8) is 0 Å². The normalized spacial score (nSPS) is 13.4. The van der Waals surface area contributed by atoms with Crippen molar-refractivity contribution in [2.24, 2.45) is 0 Å². The second-order valence-electron chi connectivity index (χ2n) is 5.07. The van der Waals surface area contributed by atoms with Gasteiger partial charge in [-0.1, -0.05) is 0 Å². The van der Waals surface area contributed by atoms with E-state index in [1.807, 2.05) is 19.0 Å². The molecule has 0 aliphatic carbocycles. The summed E-state index contributed by atoms with van der Waals surface area (Å²) >= 11 is 0. The summed E-state index contributed by atoms with van der Waals surface area (Å²) in [6.45, 7) is 7.25. The Morgan fingerprint density at radius 3 is 2.12 bits per heavy atom. The molecule has 0 aliphatic heterocycles. The Balaban J connectivity index is 4.30. The van der Waals surface area contributed by atoms with Crippen molar-refractivity contribution in [3.05, 3.63) is 0 Å². The van der Waals surface area contributed by atoms with Gasteiger partial charge in [0.15, 0.2) is 5.78 Å². The summed E-state index contributed by atoms with van der Waals surface area (Å²) in [5.74, 6) is -0.0837. The van der Waals surface area contributed by atoms with E-state index < -0.39 is 17.7 Å². The molecule has 0 aromatic carbocycles. The molecule has 1 unspecified atom stereocenters. The summed E-state index contributed by atoms with van der Waals surface area (Å²) in [4.78, 5) is 24.6. The van der Waals surface area contributed by atoms with Crippen molar-refractivity contribution >= 4 is 11.9 Å². The van der Waals surface area contributed by atoms with Crippen LogP contribution in [0.4, 0.5) is 4.79 Å². The van der Waals surface area contributed by atoms with Crippen molar-refractivity contribution in [2.75, 3.05) is 20.6 Å². The first-order chi connectivity index (χ1) is 7.11. The Morgan fingerprint density at radius 2 is 1.81 bits per heavy atom. The molecule has 0 fully saturated rings. The van der Waals surface area contributed by atoms with E-state index in [9.17, 15) is 9.59 Å². The monoisotopic (exact) mass is 230 g/mol. The highest BCUT2D eigenvalue weighted by atomic mass is 16.6. The van der Waals surface area contributed by atoms with Crippen molar-refractivity contribution in [2.45, 2.75) is 39.3 Å². The first kappa shape index (κ1) is 14.9. The van der Waals surface area contributed by atoms with Gasteiger partial charge in [0.25, 0.3) is 0 Å².